The van der Waals surface area contributed by atoms with Gasteiger partial charge in [-0.2, -0.15) is 0 Å². The summed E-state index contributed by atoms with van der Waals surface area (Å²) in [5.41, 5.74) is 0.701. The third-order valence-corrected chi connectivity index (χ3v) is 3.94. The fourth-order valence-electron chi connectivity index (χ4n) is 1.65. The molecule has 1 unspecified atom stereocenters. The summed E-state index contributed by atoms with van der Waals surface area (Å²) in [5.74, 6) is -0.651. The molecule has 0 saturated carbocycles. The van der Waals surface area contributed by atoms with Crippen LogP contribution in [0.3, 0.4) is 0 Å². The normalized spacial score (nSPS) is 20.4. The molecule has 0 aliphatic carbocycles. The highest BCUT2D eigenvalue weighted by atomic mass is 32.1. The lowest BCUT2D eigenvalue weighted by Gasteiger charge is -2.19. The van der Waals surface area contributed by atoms with Crippen molar-refractivity contribution in [3.8, 4) is 0 Å². The summed E-state index contributed by atoms with van der Waals surface area (Å²) >= 11 is 1.37. The van der Waals surface area contributed by atoms with Crippen molar-refractivity contribution >= 4 is 17.1 Å². The highest BCUT2D eigenvalue weighted by Crippen LogP contribution is 2.32. The summed E-state index contributed by atoms with van der Waals surface area (Å²) in [7, 11) is 0. The Morgan fingerprint density at radius 2 is 2.24 bits per heavy atom. The highest BCUT2D eigenvalue weighted by Gasteiger charge is 2.36. The molecule has 1 fully saturated rings. The summed E-state index contributed by atoms with van der Waals surface area (Å²) in [5, 5.41) is 2.40. The Labute approximate surface area is 105 Å². The van der Waals surface area contributed by atoms with Crippen LogP contribution in [0.4, 0.5) is 0 Å². The lowest BCUT2D eigenvalue weighted by molar-refractivity contribution is -0.152. The minimum absolute atomic E-state index is 0.0206. The van der Waals surface area contributed by atoms with Gasteiger partial charge in [0.2, 0.25) is 5.79 Å². The van der Waals surface area contributed by atoms with Crippen LogP contribution in [0.5, 0.6) is 0 Å². The van der Waals surface area contributed by atoms with Gasteiger partial charge in [-0.05, 0) is 13.3 Å². The summed E-state index contributed by atoms with van der Waals surface area (Å²) in [6, 6.07) is 0. The smallest absolute Gasteiger partial charge is 0.210 e. The van der Waals surface area contributed by atoms with E-state index >= 15 is 0 Å². The number of thiazole rings is 1. The molecule has 17 heavy (non-hydrogen) atoms. The van der Waals surface area contributed by atoms with E-state index in [1.165, 1.54) is 11.3 Å². The van der Waals surface area contributed by atoms with E-state index in [9.17, 15) is 4.79 Å². The first-order valence-corrected chi connectivity index (χ1v) is 6.73. The Morgan fingerprint density at radius 3 is 2.82 bits per heavy atom. The molecular weight excluding hydrogens is 238 g/mol. The van der Waals surface area contributed by atoms with Crippen LogP contribution in [-0.4, -0.2) is 24.0 Å². The van der Waals surface area contributed by atoms with Gasteiger partial charge in [0.1, 0.15) is 5.69 Å². The number of ether oxygens (including phenoxy) is 2. The van der Waals surface area contributed by atoms with E-state index in [0.29, 0.717) is 23.9 Å². The molecule has 94 valence electrons. The lowest BCUT2D eigenvalue weighted by Crippen LogP contribution is -2.23. The quantitative estimate of drug-likeness (QED) is 0.776. The second kappa shape index (κ2) is 4.84. The molecule has 0 N–H and O–H groups in total. The summed E-state index contributed by atoms with van der Waals surface area (Å²) < 4.78 is 11.0. The van der Waals surface area contributed by atoms with Gasteiger partial charge in [0, 0.05) is 11.3 Å². The van der Waals surface area contributed by atoms with Gasteiger partial charge >= 0.3 is 0 Å². The molecule has 4 nitrogen and oxygen atoms in total. The lowest BCUT2D eigenvalue weighted by atomic mass is 10.0. The molecule has 1 aliphatic rings. The van der Waals surface area contributed by atoms with Crippen LogP contribution in [0.2, 0.25) is 0 Å². The maximum Gasteiger partial charge on any atom is 0.210 e. The molecule has 1 atom stereocenters. The van der Waals surface area contributed by atoms with Crippen molar-refractivity contribution in [1.82, 2.24) is 4.98 Å². The number of nitrogens with zero attached hydrogens (tertiary/aromatic N) is 1. The van der Waals surface area contributed by atoms with E-state index in [1.54, 1.807) is 0 Å². The second-order valence-corrected chi connectivity index (χ2v) is 5.21. The average Bonchev–Trinajstić information content (AvgIpc) is 2.96. The number of ketones is 1. The van der Waals surface area contributed by atoms with Gasteiger partial charge in [-0.15, -0.1) is 11.3 Å². The first-order chi connectivity index (χ1) is 8.07. The number of hydrogen-bond acceptors (Lipinski definition) is 5. The number of rotatable bonds is 4. The van der Waals surface area contributed by atoms with Gasteiger partial charge in [0.25, 0.3) is 0 Å². The maximum atomic E-state index is 12.0. The molecule has 1 aliphatic heterocycles. The Balaban J connectivity index is 2.18. The zero-order valence-corrected chi connectivity index (χ0v) is 11.2. The molecular formula is C12H17NO3S. The largest absolute Gasteiger partial charge is 0.342 e. The second-order valence-electron chi connectivity index (χ2n) is 4.35. The SMILES string of the molecule is CCC(C)C(=O)c1nc(C2(C)OCCO2)cs1. The molecule has 0 amide bonds. The molecule has 0 radical (unpaired) electrons. The first kappa shape index (κ1) is 12.7. The summed E-state index contributed by atoms with van der Waals surface area (Å²) in [6.07, 6.45) is 0.831. The Hall–Kier alpha value is -0.780. The van der Waals surface area contributed by atoms with Crippen LogP contribution in [0.1, 0.15) is 42.7 Å². The molecule has 1 saturated heterocycles. The van der Waals surface area contributed by atoms with E-state index < -0.39 is 5.79 Å². The molecule has 0 spiro atoms. The minimum Gasteiger partial charge on any atom is -0.342 e. The van der Waals surface area contributed by atoms with Gasteiger partial charge < -0.3 is 9.47 Å². The van der Waals surface area contributed by atoms with E-state index in [0.717, 1.165) is 6.42 Å². The van der Waals surface area contributed by atoms with Crippen LogP contribution < -0.4 is 0 Å². The fraction of sp³-hybridized carbons (Fsp3) is 0.667. The van der Waals surface area contributed by atoms with E-state index in [4.69, 9.17) is 9.47 Å². The van der Waals surface area contributed by atoms with E-state index in [1.807, 2.05) is 26.2 Å². The number of carbonyl (C=O) groups is 1. The molecule has 0 aromatic carbocycles. The Bertz CT molecular complexity index is 410. The van der Waals surface area contributed by atoms with Gasteiger partial charge in [0.15, 0.2) is 10.8 Å². The predicted octanol–water partition coefficient (Wildman–Crippen LogP) is 2.59. The highest BCUT2D eigenvalue weighted by molar-refractivity contribution is 7.11. The minimum atomic E-state index is -0.773. The summed E-state index contributed by atoms with van der Waals surface area (Å²) in [6.45, 7) is 6.91. The van der Waals surface area contributed by atoms with Crippen LogP contribution >= 0.6 is 11.3 Å². The third kappa shape index (κ3) is 2.41. The predicted molar refractivity (Wildman–Crippen MR) is 65.2 cm³/mol. The maximum absolute atomic E-state index is 12.0. The van der Waals surface area contributed by atoms with Gasteiger partial charge in [0.05, 0.1) is 13.2 Å². The van der Waals surface area contributed by atoms with Gasteiger partial charge in [-0.25, -0.2) is 4.98 Å². The molecule has 1 aromatic heterocycles. The fourth-order valence-corrected chi connectivity index (χ4v) is 2.61. The average molecular weight is 255 g/mol. The number of hydrogen-bond donors (Lipinski definition) is 0. The van der Waals surface area contributed by atoms with Crippen molar-refractivity contribution in [3.63, 3.8) is 0 Å². The van der Waals surface area contributed by atoms with Crippen LogP contribution in [0, 0.1) is 5.92 Å². The van der Waals surface area contributed by atoms with Crippen molar-refractivity contribution < 1.29 is 14.3 Å². The number of aromatic nitrogens is 1. The number of carbonyl (C=O) groups excluding carboxylic acids is 1. The Kier molecular flexibility index (Phi) is 3.61. The zero-order valence-electron chi connectivity index (χ0n) is 10.4. The summed E-state index contributed by atoms with van der Waals surface area (Å²) in [4.78, 5) is 16.3. The standard InChI is InChI=1S/C12H17NO3S/c1-4-8(2)10(14)11-13-9(7-17-11)12(3)15-5-6-16-12/h7-8H,4-6H2,1-3H3. The van der Waals surface area contributed by atoms with E-state index in [-0.39, 0.29) is 11.7 Å². The first-order valence-electron chi connectivity index (χ1n) is 5.85. The van der Waals surface area contributed by atoms with Crippen molar-refractivity contribution in [2.75, 3.05) is 13.2 Å². The van der Waals surface area contributed by atoms with Crippen molar-refractivity contribution in [2.45, 2.75) is 33.0 Å². The van der Waals surface area contributed by atoms with Gasteiger partial charge in [-0.3, -0.25) is 4.79 Å². The number of Topliss-reactive ketones (excluding diaryl/α,β-unsaturated/α-hetero) is 1. The van der Waals surface area contributed by atoms with Crippen LogP contribution in [-0.2, 0) is 15.3 Å². The van der Waals surface area contributed by atoms with Crippen LogP contribution in [0.15, 0.2) is 5.38 Å². The zero-order chi connectivity index (χ0) is 12.5. The molecule has 0 bridgehead atoms. The van der Waals surface area contributed by atoms with Crippen molar-refractivity contribution in [1.29, 1.82) is 0 Å². The topological polar surface area (TPSA) is 48.4 Å². The third-order valence-electron chi connectivity index (χ3n) is 3.08. The monoisotopic (exact) mass is 255 g/mol. The molecule has 2 heterocycles. The molecule has 5 heteroatoms. The van der Waals surface area contributed by atoms with E-state index in [2.05, 4.69) is 4.98 Å². The van der Waals surface area contributed by atoms with Gasteiger partial charge in [-0.1, -0.05) is 13.8 Å². The Morgan fingerprint density at radius 1 is 1.59 bits per heavy atom. The van der Waals surface area contributed by atoms with Crippen LogP contribution in [0.25, 0.3) is 0 Å². The van der Waals surface area contributed by atoms with Crippen molar-refractivity contribution in [2.24, 2.45) is 5.92 Å². The molecule has 2 rings (SSSR count). The van der Waals surface area contributed by atoms with Crippen molar-refractivity contribution in [3.05, 3.63) is 16.1 Å². The molecule has 1 aromatic rings.